The molecule has 0 fully saturated rings. The molecule has 0 aromatic heterocycles. The topological polar surface area (TPSA) is 17.1 Å². The molecule has 0 saturated carbocycles. The third-order valence-corrected chi connectivity index (χ3v) is 3.97. The van der Waals surface area contributed by atoms with Crippen LogP contribution in [0.4, 0.5) is 13.2 Å². The number of hydrogen-bond acceptors (Lipinski definition) is 1. The van der Waals surface area contributed by atoms with Gasteiger partial charge in [0.2, 0.25) is 0 Å². The SMILES string of the molecule is CC(=O)C(Br)c1cc(CBr)cc(C(F)(F)F)c1. The Hall–Kier alpha value is -0.360. The molecule has 1 unspecified atom stereocenters. The highest BCUT2D eigenvalue weighted by molar-refractivity contribution is 9.09. The molecule has 6 heteroatoms. The minimum atomic E-state index is -4.41. The lowest BCUT2D eigenvalue weighted by Gasteiger charge is -2.13. The number of benzene rings is 1. The molecule has 0 heterocycles. The van der Waals surface area contributed by atoms with Crippen molar-refractivity contribution in [2.45, 2.75) is 23.3 Å². The van der Waals surface area contributed by atoms with Crippen LogP contribution in [-0.2, 0) is 16.3 Å². The van der Waals surface area contributed by atoms with Crippen LogP contribution < -0.4 is 0 Å². The summed E-state index contributed by atoms with van der Waals surface area (Å²) in [7, 11) is 0. The van der Waals surface area contributed by atoms with Crippen molar-refractivity contribution >= 4 is 37.6 Å². The molecule has 0 bridgehead atoms. The van der Waals surface area contributed by atoms with Gasteiger partial charge in [-0.15, -0.1) is 0 Å². The third-order valence-electron chi connectivity index (χ3n) is 2.15. The van der Waals surface area contributed by atoms with Gasteiger partial charge in [-0.05, 0) is 30.2 Å². The molecule has 0 amide bonds. The molecule has 0 aliphatic rings. The highest BCUT2D eigenvalue weighted by Crippen LogP contribution is 2.34. The van der Waals surface area contributed by atoms with Crippen LogP contribution in [0.3, 0.4) is 0 Å². The standard InChI is InChI=1S/C11H9Br2F3O/c1-6(17)10(13)8-2-7(5-12)3-9(4-8)11(14,15)16/h2-4,10H,5H2,1H3. The van der Waals surface area contributed by atoms with Crippen LogP contribution in [0, 0.1) is 0 Å². The summed E-state index contributed by atoms with van der Waals surface area (Å²) in [6, 6.07) is 3.63. The molecule has 94 valence electrons. The quantitative estimate of drug-likeness (QED) is 0.706. The Morgan fingerprint density at radius 2 is 1.94 bits per heavy atom. The first kappa shape index (κ1) is 14.7. The van der Waals surface area contributed by atoms with Gasteiger partial charge in [0.05, 0.1) is 10.4 Å². The summed E-state index contributed by atoms with van der Waals surface area (Å²) in [4.78, 5) is 10.5. The van der Waals surface area contributed by atoms with E-state index in [-0.39, 0.29) is 5.78 Å². The predicted molar refractivity (Wildman–Crippen MR) is 66.4 cm³/mol. The molecular weight excluding hydrogens is 365 g/mol. The Balaban J connectivity index is 3.28. The molecular formula is C11H9Br2F3O. The molecule has 0 aliphatic heterocycles. The van der Waals surface area contributed by atoms with E-state index < -0.39 is 16.6 Å². The van der Waals surface area contributed by atoms with Crippen molar-refractivity contribution in [3.05, 3.63) is 34.9 Å². The van der Waals surface area contributed by atoms with E-state index in [1.54, 1.807) is 6.07 Å². The van der Waals surface area contributed by atoms with Crippen molar-refractivity contribution in [2.24, 2.45) is 0 Å². The zero-order chi connectivity index (χ0) is 13.2. The lowest BCUT2D eigenvalue weighted by Crippen LogP contribution is -2.09. The van der Waals surface area contributed by atoms with E-state index >= 15 is 0 Å². The zero-order valence-electron chi connectivity index (χ0n) is 8.81. The van der Waals surface area contributed by atoms with E-state index in [9.17, 15) is 18.0 Å². The van der Waals surface area contributed by atoms with Crippen molar-refractivity contribution in [1.82, 2.24) is 0 Å². The Bertz CT molecular complexity index is 429. The maximum Gasteiger partial charge on any atom is 0.416 e. The lowest BCUT2D eigenvalue weighted by molar-refractivity contribution is -0.137. The van der Waals surface area contributed by atoms with Crippen LogP contribution in [0.1, 0.15) is 28.4 Å². The van der Waals surface area contributed by atoms with E-state index in [2.05, 4.69) is 31.9 Å². The third kappa shape index (κ3) is 3.81. The average Bonchev–Trinajstić information content (AvgIpc) is 2.26. The fraction of sp³-hybridized carbons (Fsp3) is 0.364. The molecule has 0 radical (unpaired) electrons. The summed E-state index contributed by atoms with van der Waals surface area (Å²) in [5.41, 5.74) is 0.0671. The van der Waals surface area contributed by atoms with E-state index in [1.807, 2.05) is 0 Å². The van der Waals surface area contributed by atoms with Crippen molar-refractivity contribution < 1.29 is 18.0 Å². The second-order valence-electron chi connectivity index (χ2n) is 3.57. The van der Waals surface area contributed by atoms with Crippen LogP contribution in [0.2, 0.25) is 0 Å². The number of ketones is 1. The van der Waals surface area contributed by atoms with Crippen LogP contribution >= 0.6 is 31.9 Å². The molecule has 0 saturated heterocycles. The lowest BCUT2D eigenvalue weighted by atomic mass is 10.0. The van der Waals surface area contributed by atoms with E-state index in [4.69, 9.17) is 0 Å². The molecule has 0 spiro atoms. The van der Waals surface area contributed by atoms with Crippen LogP contribution in [0.15, 0.2) is 18.2 Å². The maximum atomic E-state index is 12.6. The highest BCUT2D eigenvalue weighted by atomic mass is 79.9. The summed E-state index contributed by atoms with van der Waals surface area (Å²) in [6.07, 6.45) is -4.41. The Morgan fingerprint density at radius 3 is 2.35 bits per heavy atom. The van der Waals surface area contributed by atoms with Crippen molar-refractivity contribution in [3.63, 3.8) is 0 Å². The molecule has 1 aromatic rings. The van der Waals surface area contributed by atoms with Gasteiger partial charge in [-0.3, -0.25) is 4.79 Å². The summed E-state index contributed by atoms with van der Waals surface area (Å²) >= 11 is 6.19. The first-order chi connectivity index (χ1) is 7.75. The van der Waals surface area contributed by atoms with Crippen LogP contribution in [-0.4, -0.2) is 5.78 Å². The molecule has 1 aromatic carbocycles. The number of rotatable bonds is 3. The number of halogens is 5. The maximum absolute atomic E-state index is 12.6. The first-order valence-corrected chi connectivity index (χ1v) is 6.71. The minimum Gasteiger partial charge on any atom is -0.298 e. The second kappa shape index (κ2) is 5.52. The predicted octanol–water partition coefficient (Wildman–Crippen LogP) is 4.63. The number of carbonyl (C=O) groups is 1. The van der Waals surface area contributed by atoms with Gasteiger partial charge in [0.15, 0.2) is 0 Å². The molecule has 0 aliphatic carbocycles. The van der Waals surface area contributed by atoms with Crippen molar-refractivity contribution in [3.8, 4) is 0 Å². The number of alkyl halides is 5. The summed E-state index contributed by atoms with van der Waals surface area (Å²) < 4.78 is 37.9. The van der Waals surface area contributed by atoms with Crippen molar-refractivity contribution in [2.75, 3.05) is 0 Å². The second-order valence-corrected chi connectivity index (χ2v) is 5.04. The zero-order valence-corrected chi connectivity index (χ0v) is 12.0. The van der Waals surface area contributed by atoms with Gasteiger partial charge in [-0.2, -0.15) is 13.2 Å². The Kier molecular flexibility index (Phi) is 4.77. The fourth-order valence-electron chi connectivity index (χ4n) is 1.34. The minimum absolute atomic E-state index is 0.232. The largest absolute Gasteiger partial charge is 0.416 e. The Morgan fingerprint density at radius 1 is 1.35 bits per heavy atom. The highest BCUT2D eigenvalue weighted by Gasteiger charge is 2.31. The smallest absolute Gasteiger partial charge is 0.298 e. The molecule has 17 heavy (non-hydrogen) atoms. The van der Waals surface area contributed by atoms with Gasteiger partial charge in [-0.25, -0.2) is 0 Å². The monoisotopic (exact) mass is 372 g/mol. The summed E-state index contributed by atoms with van der Waals surface area (Å²) in [6.45, 7) is 1.33. The normalized spacial score (nSPS) is 13.5. The summed E-state index contributed by atoms with van der Waals surface area (Å²) in [5, 5.41) is 0.307. The molecule has 1 rings (SSSR count). The van der Waals surface area contributed by atoms with E-state index in [1.165, 1.54) is 6.92 Å². The van der Waals surface area contributed by atoms with Crippen molar-refractivity contribution in [1.29, 1.82) is 0 Å². The average molecular weight is 374 g/mol. The fourth-order valence-corrected chi connectivity index (χ4v) is 1.93. The van der Waals surface area contributed by atoms with Gasteiger partial charge in [0.1, 0.15) is 5.78 Å². The molecule has 1 nitrogen and oxygen atoms in total. The molecule has 1 atom stereocenters. The van der Waals surface area contributed by atoms with E-state index in [0.717, 1.165) is 12.1 Å². The first-order valence-electron chi connectivity index (χ1n) is 4.67. The van der Waals surface area contributed by atoms with Gasteiger partial charge in [0.25, 0.3) is 0 Å². The number of carbonyl (C=O) groups excluding carboxylic acids is 1. The molecule has 0 N–H and O–H groups in total. The van der Waals surface area contributed by atoms with Gasteiger partial charge in [0, 0.05) is 5.33 Å². The number of hydrogen-bond donors (Lipinski definition) is 0. The van der Waals surface area contributed by atoms with E-state index in [0.29, 0.717) is 16.5 Å². The van der Waals surface area contributed by atoms with Gasteiger partial charge < -0.3 is 0 Å². The van der Waals surface area contributed by atoms with Gasteiger partial charge in [-0.1, -0.05) is 37.9 Å². The van der Waals surface area contributed by atoms with Gasteiger partial charge >= 0.3 is 6.18 Å². The number of Topliss-reactive ketones (excluding diaryl/α,β-unsaturated/α-hetero) is 1. The van der Waals surface area contributed by atoms with Crippen LogP contribution in [0.5, 0.6) is 0 Å². The Labute approximate surface area is 114 Å². The summed E-state index contributed by atoms with van der Waals surface area (Å²) in [5.74, 6) is -0.232. The van der Waals surface area contributed by atoms with Crippen LogP contribution in [0.25, 0.3) is 0 Å².